The molecule has 1 aromatic carbocycles. The Balaban J connectivity index is 2.02. The van der Waals surface area contributed by atoms with Crippen molar-refractivity contribution in [2.75, 3.05) is 6.79 Å². The summed E-state index contributed by atoms with van der Waals surface area (Å²) in [6.45, 7) is 0.144. The average Bonchev–Trinajstić information content (AvgIpc) is 3.00. The van der Waals surface area contributed by atoms with Gasteiger partial charge < -0.3 is 19.9 Å². The molecule has 1 aliphatic heterocycles. The maximum atomic E-state index is 9.29. The van der Waals surface area contributed by atoms with E-state index in [0.29, 0.717) is 22.8 Å². The van der Waals surface area contributed by atoms with E-state index in [1.165, 1.54) is 0 Å². The maximum absolute atomic E-state index is 9.29. The van der Waals surface area contributed by atoms with Crippen LogP contribution in [0, 0.1) is 0 Å². The first-order chi connectivity index (χ1) is 10.3. The molecule has 0 unspecified atom stereocenters. The Morgan fingerprint density at radius 2 is 1.81 bits per heavy atom. The van der Waals surface area contributed by atoms with Crippen LogP contribution >= 0.6 is 0 Å². The lowest BCUT2D eigenvalue weighted by Gasteiger charge is -2.07. The average molecular weight is 285 g/mol. The molecule has 7 nitrogen and oxygen atoms in total. The number of ether oxygens (including phenoxy) is 2. The van der Waals surface area contributed by atoms with Gasteiger partial charge in [0.25, 0.3) is 0 Å². The molecule has 0 spiro atoms. The van der Waals surface area contributed by atoms with Gasteiger partial charge in [0.15, 0.2) is 17.2 Å². The lowest BCUT2D eigenvalue weighted by molar-refractivity contribution is 0.174. The van der Waals surface area contributed by atoms with Crippen LogP contribution in [-0.2, 0) is 0 Å². The lowest BCUT2D eigenvalue weighted by atomic mass is 10.0. The fourth-order valence-electron chi connectivity index (χ4n) is 2.01. The fraction of sp³-hybridized carbons (Fsp3) is 0.0714. The van der Waals surface area contributed by atoms with Crippen molar-refractivity contribution in [3.8, 4) is 11.5 Å². The Hall–Kier alpha value is -3.09. The third-order valence-electron chi connectivity index (χ3n) is 2.98. The summed E-state index contributed by atoms with van der Waals surface area (Å²) in [7, 11) is 0. The van der Waals surface area contributed by atoms with Gasteiger partial charge in [-0.05, 0) is 30.3 Å². The van der Waals surface area contributed by atoms with Crippen LogP contribution in [0.2, 0.25) is 0 Å². The summed E-state index contributed by atoms with van der Waals surface area (Å²) in [5.41, 5.74) is 1.03. The molecule has 2 N–H and O–H groups in total. The fourth-order valence-corrected chi connectivity index (χ4v) is 2.01. The number of hydrogen-bond acceptors (Lipinski definition) is 7. The smallest absolute Gasteiger partial charge is 0.231 e. The summed E-state index contributed by atoms with van der Waals surface area (Å²) in [5, 5.41) is 24.9. The largest absolute Gasteiger partial charge is 0.454 e. The van der Waals surface area contributed by atoms with Crippen molar-refractivity contribution in [1.29, 1.82) is 0 Å². The van der Waals surface area contributed by atoms with Crippen molar-refractivity contribution in [1.82, 2.24) is 4.98 Å². The third kappa shape index (κ3) is 2.36. The first kappa shape index (κ1) is 12.9. The molecule has 0 aliphatic carbocycles. The van der Waals surface area contributed by atoms with Gasteiger partial charge in [-0.1, -0.05) is 16.4 Å². The molecule has 0 radical (unpaired) electrons. The van der Waals surface area contributed by atoms with Gasteiger partial charge in [-0.3, -0.25) is 4.98 Å². The summed E-state index contributed by atoms with van der Waals surface area (Å²) in [4.78, 5) is 4.08. The minimum atomic E-state index is 0.0527. The lowest BCUT2D eigenvalue weighted by Crippen LogP contribution is -2.18. The Labute approximate surface area is 119 Å². The second-order valence-corrected chi connectivity index (χ2v) is 4.18. The van der Waals surface area contributed by atoms with Crippen LogP contribution in [0.5, 0.6) is 11.5 Å². The quantitative estimate of drug-likeness (QED) is 0.510. The predicted octanol–water partition coefficient (Wildman–Crippen LogP) is 1.87. The van der Waals surface area contributed by atoms with Gasteiger partial charge in [-0.15, -0.1) is 0 Å². The van der Waals surface area contributed by atoms with Crippen LogP contribution in [0.15, 0.2) is 52.9 Å². The van der Waals surface area contributed by atoms with Crippen LogP contribution in [0.3, 0.4) is 0 Å². The molecule has 0 amide bonds. The van der Waals surface area contributed by atoms with Crippen LogP contribution in [0.1, 0.15) is 11.3 Å². The molecule has 2 heterocycles. The SMILES string of the molecule is ON=C(C(=NO)c1ccccn1)c1ccc2c(c1)OCO2. The highest BCUT2D eigenvalue weighted by Gasteiger charge is 2.20. The summed E-state index contributed by atoms with van der Waals surface area (Å²) in [5.74, 6) is 1.14. The zero-order chi connectivity index (χ0) is 14.7. The molecule has 0 fully saturated rings. The number of nitrogens with zero attached hydrogens (tertiary/aromatic N) is 3. The van der Waals surface area contributed by atoms with Crippen LogP contribution in [-0.4, -0.2) is 33.6 Å². The van der Waals surface area contributed by atoms with Crippen molar-refractivity contribution in [3.05, 3.63) is 53.9 Å². The zero-order valence-corrected chi connectivity index (χ0v) is 10.8. The van der Waals surface area contributed by atoms with E-state index in [0.717, 1.165) is 0 Å². The number of pyridine rings is 1. The highest BCUT2D eigenvalue weighted by atomic mass is 16.7. The van der Waals surface area contributed by atoms with Gasteiger partial charge in [0, 0.05) is 11.8 Å². The molecule has 2 aromatic rings. The molecule has 0 saturated carbocycles. The molecule has 7 heteroatoms. The Kier molecular flexibility index (Phi) is 3.38. The second-order valence-electron chi connectivity index (χ2n) is 4.18. The molecule has 0 saturated heterocycles. The minimum absolute atomic E-state index is 0.0527. The van der Waals surface area contributed by atoms with E-state index in [9.17, 15) is 10.4 Å². The summed E-state index contributed by atoms with van der Waals surface area (Å²) >= 11 is 0. The highest BCUT2D eigenvalue weighted by molar-refractivity contribution is 6.52. The normalized spacial score (nSPS) is 14.3. The van der Waals surface area contributed by atoms with Gasteiger partial charge >= 0.3 is 0 Å². The van der Waals surface area contributed by atoms with Crippen molar-refractivity contribution in [2.24, 2.45) is 10.3 Å². The number of oxime groups is 2. The van der Waals surface area contributed by atoms with E-state index in [-0.39, 0.29) is 18.2 Å². The number of aromatic nitrogens is 1. The number of hydrogen-bond donors (Lipinski definition) is 2. The molecular weight excluding hydrogens is 274 g/mol. The molecule has 21 heavy (non-hydrogen) atoms. The molecule has 3 rings (SSSR count). The molecular formula is C14H11N3O4. The predicted molar refractivity (Wildman–Crippen MR) is 73.4 cm³/mol. The Bertz CT molecular complexity index is 713. The van der Waals surface area contributed by atoms with Crippen molar-refractivity contribution >= 4 is 11.4 Å². The number of benzene rings is 1. The van der Waals surface area contributed by atoms with E-state index in [4.69, 9.17) is 9.47 Å². The first-order valence-electron chi connectivity index (χ1n) is 6.09. The van der Waals surface area contributed by atoms with Crippen molar-refractivity contribution in [3.63, 3.8) is 0 Å². The maximum Gasteiger partial charge on any atom is 0.231 e. The Morgan fingerprint density at radius 3 is 2.52 bits per heavy atom. The molecule has 106 valence electrons. The van der Waals surface area contributed by atoms with Gasteiger partial charge in [-0.25, -0.2) is 0 Å². The number of fused-ring (bicyclic) bond motifs is 1. The minimum Gasteiger partial charge on any atom is -0.454 e. The molecule has 0 bridgehead atoms. The monoisotopic (exact) mass is 285 g/mol. The van der Waals surface area contributed by atoms with E-state index in [1.54, 1.807) is 42.6 Å². The van der Waals surface area contributed by atoms with E-state index < -0.39 is 0 Å². The van der Waals surface area contributed by atoms with Crippen LogP contribution in [0.25, 0.3) is 0 Å². The standard InChI is InChI=1S/C14H11N3O4/c18-16-13(14(17-19)10-3-1-2-6-15-10)9-4-5-11-12(7-9)21-8-20-11/h1-7,18-19H,8H2. The van der Waals surface area contributed by atoms with Crippen LogP contribution in [0.4, 0.5) is 0 Å². The van der Waals surface area contributed by atoms with Crippen molar-refractivity contribution in [2.45, 2.75) is 0 Å². The zero-order valence-electron chi connectivity index (χ0n) is 10.8. The highest BCUT2D eigenvalue weighted by Crippen LogP contribution is 2.32. The van der Waals surface area contributed by atoms with Gasteiger partial charge in [0.1, 0.15) is 5.71 Å². The van der Waals surface area contributed by atoms with Crippen molar-refractivity contribution < 1.29 is 19.9 Å². The van der Waals surface area contributed by atoms with Gasteiger partial charge in [0.05, 0.1) is 5.69 Å². The summed E-state index contributed by atoms with van der Waals surface area (Å²) in [6, 6.07) is 10.1. The topological polar surface area (TPSA) is 96.5 Å². The van der Waals surface area contributed by atoms with Gasteiger partial charge in [-0.2, -0.15) is 0 Å². The molecule has 0 atom stereocenters. The van der Waals surface area contributed by atoms with Gasteiger partial charge in [0.2, 0.25) is 6.79 Å². The second kappa shape index (κ2) is 5.49. The van der Waals surface area contributed by atoms with Crippen LogP contribution < -0.4 is 9.47 Å². The van der Waals surface area contributed by atoms with E-state index in [1.807, 2.05) is 0 Å². The summed E-state index contributed by atoms with van der Waals surface area (Å²) < 4.78 is 10.5. The number of rotatable bonds is 3. The molecule has 1 aromatic heterocycles. The van der Waals surface area contributed by atoms with E-state index >= 15 is 0 Å². The summed E-state index contributed by atoms with van der Waals surface area (Å²) in [6.07, 6.45) is 1.55. The molecule has 1 aliphatic rings. The van der Waals surface area contributed by atoms with E-state index in [2.05, 4.69) is 15.3 Å². The first-order valence-corrected chi connectivity index (χ1v) is 6.09. The Morgan fingerprint density at radius 1 is 1.00 bits per heavy atom. The third-order valence-corrected chi connectivity index (χ3v) is 2.98.